The van der Waals surface area contributed by atoms with Crippen LogP contribution in [0.25, 0.3) is 0 Å². The Balaban J connectivity index is 1.30. The summed E-state index contributed by atoms with van der Waals surface area (Å²) in [6, 6.07) is 0. The standard InChI is InChI=1S/C17H26N2O3/c1-15(2,3)22-14(20)19-10-4-13(18)21-11-5-12-16(6-7-16)17(12)8-9-17/h4,10,12,18H,5-9,11H2,1-3H3,(H,19,20)/b10-4-,18-13?. The van der Waals surface area contributed by atoms with Crippen LogP contribution in [0.5, 0.6) is 0 Å². The fourth-order valence-electron chi connectivity index (χ4n) is 4.18. The summed E-state index contributed by atoms with van der Waals surface area (Å²) >= 11 is 0. The minimum atomic E-state index is -0.527. The summed E-state index contributed by atoms with van der Waals surface area (Å²) in [5, 5.41) is 10.2. The van der Waals surface area contributed by atoms with Crippen molar-refractivity contribution in [1.29, 1.82) is 5.41 Å². The summed E-state index contributed by atoms with van der Waals surface area (Å²) in [4.78, 5) is 11.4. The first-order chi connectivity index (χ1) is 10.3. The normalized spacial score (nSPS) is 26.0. The molecule has 3 aliphatic rings. The number of ether oxygens (including phenoxy) is 2. The summed E-state index contributed by atoms with van der Waals surface area (Å²) in [6.07, 6.45) is 9.01. The van der Waals surface area contributed by atoms with E-state index in [1.807, 2.05) is 0 Å². The number of hydrogen-bond acceptors (Lipinski definition) is 4. The van der Waals surface area contributed by atoms with Gasteiger partial charge in [-0.2, -0.15) is 0 Å². The van der Waals surface area contributed by atoms with E-state index in [4.69, 9.17) is 14.9 Å². The van der Waals surface area contributed by atoms with Crippen LogP contribution in [-0.2, 0) is 9.47 Å². The van der Waals surface area contributed by atoms with Crippen LogP contribution in [0.2, 0.25) is 0 Å². The third kappa shape index (κ3) is 2.85. The molecule has 1 amide bonds. The lowest BCUT2D eigenvalue weighted by atomic mass is 10.2. The lowest BCUT2D eigenvalue weighted by molar-refractivity contribution is 0.0552. The largest absolute Gasteiger partial charge is 0.478 e. The summed E-state index contributed by atoms with van der Waals surface area (Å²) < 4.78 is 10.5. The first-order valence-electron chi connectivity index (χ1n) is 8.17. The Morgan fingerprint density at radius 1 is 1.27 bits per heavy atom. The first kappa shape index (κ1) is 15.4. The maximum Gasteiger partial charge on any atom is 0.411 e. The van der Waals surface area contributed by atoms with E-state index in [0.29, 0.717) is 17.4 Å². The molecule has 3 rings (SSSR count). The Hall–Kier alpha value is -1.52. The Bertz CT molecular complexity index is 492. The van der Waals surface area contributed by atoms with Gasteiger partial charge < -0.3 is 9.47 Å². The minimum absolute atomic E-state index is 0.0754. The molecule has 0 saturated heterocycles. The van der Waals surface area contributed by atoms with Crippen molar-refractivity contribution >= 4 is 12.0 Å². The smallest absolute Gasteiger partial charge is 0.411 e. The van der Waals surface area contributed by atoms with E-state index in [-0.39, 0.29) is 5.90 Å². The highest BCUT2D eigenvalue weighted by Gasteiger charge is 2.85. The average Bonchev–Trinajstić information content (AvgIpc) is 3.26. The van der Waals surface area contributed by atoms with Gasteiger partial charge in [-0.1, -0.05) is 0 Å². The number of carbonyl (C=O) groups is 1. The number of alkyl carbamates (subject to hydrolysis) is 1. The average molecular weight is 306 g/mol. The molecule has 122 valence electrons. The number of fused-ring (bicyclic) bond motifs is 1. The van der Waals surface area contributed by atoms with Gasteiger partial charge in [0.15, 0.2) is 0 Å². The molecule has 2 spiro atoms. The SMILES string of the molecule is CC(C)(C)OC(=O)N/C=C\C(=N)OCCC1C2(CC2)C12CC2. The van der Waals surface area contributed by atoms with Crippen LogP contribution in [-0.4, -0.2) is 24.2 Å². The van der Waals surface area contributed by atoms with Crippen molar-refractivity contribution in [3.8, 4) is 0 Å². The second kappa shape index (κ2) is 5.00. The second-order valence-electron chi connectivity index (χ2n) is 7.85. The zero-order chi connectivity index (χ0) is 16.0. The first-order valence-corrected chi connectivity index (χ1v) is 8.17. The van der Waals surface area contributed by atoms with E-state index in [1.54, 1.807) is 20.8 Å². The summed E-state index contributed by atoms with van der Waals surface area (Å²) in [5.74, 6) is 0.920. The van der Waals surface area contributed by atoms with E-state index in [2.05, 4.69) is 5.32 Å². The highest BCUT2D eigenvalue weighted by molar-refractivity contribution is 5.85. The predicted octanol–water partition coefficient (Wildman–Crippen LogP) is 3.60. The monoisotopic (exact) mass is 306 g/mol. The molecule has 2 N–H and O–H groups in total. The molecule has 5 heteroatoms. The molecule has 0 unspecified atom stereocenters. The zero-order valence-corrected chi connectivity index (χ0v) is 13.7. The molecule has 0 heterocycles. The molecule has 0 aliphatic heterocycles. The van der Waals surface area contributed by atoms with E-state index < -0.39 is 11.7 Å². The van der Waals surface area contributed by atoms with Crippen LogP contribution in [0.15, 0.2) is 12.3 Å². The van der Waals surface area contributed by atoms with E-state index >= 15 is 0 Å². The van der Waals surface area contributed by atoms with Crippen LogP contribution in [0.4, 0.5) is 4.79 Å². The van der Waals surface area contributed by atoms with Gasteiger partial charge in [0.2, 0.25) is 5.90 Å². The molecule has 0 atom stereocenters. The number of carbonyl (C=O) groups excluding carboxylic acids is 1. The molecule has 3 fully saturated rings. The Morgan fingerprint density at radius 3 is 2.36 bits per heavy atom. The molecular formula is C17H26N2O3. The number of amides is 1. The van der Waals surface area contributed by atoms with Gasteiger partial charge in [-0.05, 0) is 69.6 Å². The third-order valence-corrected chi connectivity index (χ3v) is 5.32. The van der Waals surface area contributed by atoms with Crippen molar-refractivity contribution in [2.75, 3.05) is 6.61 Å². The molecule has 22 heavy (non-hydrogen) atoms. The highest BCUT2D eigenvalue weighted by Crippen LogP contribution is 2.93. The van der Waals surface area contributed by atoms with Gasteiger partial charge in [0, 0.05) is 12.3 Å². The van der Waals surface area contributed by atoms with Gasteiger partial charge >= 0.3 is 6.09 Å². The van der Waals surface area contributed by atoms with Crippen LogP contribution in [0.3, 0.4) is 0 Å². The Kier molecular flexibility index (Phi) is 3.49. The second-order valence-corrected chi connectivity index (χ2v) is 7.85. The molecule has 3 aliphatic carbocycles. The maximum atomic E-state index is 11.4. The van der Waals surface area contributed by atoms with Crippen LogP contribution < -0.4 is 5.32 Å². The highest BCUT2D eigenvalue weighted by atomic mass is 16.6. The van der Waals surface area contributed by atoms with Gasteiger partial charge in [-0.15, -0.1) is 0 Å². The predicted molar refractivity (Wildman–Crippen MR) is 83.6 cm³/mol. The Labute approximate surface area is 131 Å². The zero-order valence-electron chi connectivity index (χ0n) is 13.7. The lowest BCUT2D eigenvalue weighted by Gasteiger charge is -2.18. The summed E-state index contributed by atoms with van der Waals surface area (Å²) in [5.41, 5.74) is 0.878. The molecule has 0 aromatic rings. The molecule has 0 aromatic carbocycles. The van der Waals surface area contributed by atoms with Gasteiger partial charge in [0.05, 0.1) is 6.61 Å². The third-order valence-electron chi connectivity index (χ3n) is 5.32. The molecular weight excluding hydrogens is 280 g/mol. The molecule has 0 aromatic heterocycles. The van der Waals surface area contributed by atoms with Crippen LogP contribution >= 0.6 is 0 Å². The fraction of sp³-hybridized carbons (Fsp3) is 0.765. The number of nitrogens with one attached hydrogen (secondary N) is 2. The van der Waals surface area contributed by atoms with Gasteiger partial charge in [-0.25, -0.2) is 4.79 Å². The van der Waals surface area contributed by atoms with Gasteiger partial charge in [0.25, 0.3) is 0 Å². The molecule has 0 radical (unpaired) electrons. The number of hydrogen-bond donors (Lipinski definition) is 2. The van der Waals surface area contributed by atoms with Crippen LogP contribution in [0.1, 0.15) is 52.9 Å². The van der Waals surface area contributed by atoms with Crippen molar-refractivity contribution < 1.29 is 14.3 Å². The van der Waals surface area contributed by atoms with Crippen molar-refractivity contribution in [3.63, 3.8) is 0 Å². The van der Waals surface area contributed by atoms with Gasteiger partial charge in [-0.3, -0.25) is 10.7 Å². The van der Waals surface area contributed by atoms with E-state index in [1.165, 1.54) is 38.0 Å². The topological polar surface area (TPSA) is 71.4 Å². The summed E-state index contributed by atoms with van der Waals surface area (Å²) in [6.45, 7) is 6.01. The lowest BCUT2D eigenvalue weighted by Crippen LogP contribution is -2.29. The quantitative estimate of drug-likeness (QED) is 0.602. The van der Waals surface area contributed by atoms with Crippen molar-refractivity contribution in [1.82, 2.24) is 5.32 Å². The molecule has 0 bridgehead atoms. The fourth-order valence-corrected chi connectivity index (χ4v) is 4.18. The van der Waals surface area contributed by atoms with Crippen molar-refractivity contribution in [2.45, 2.75) is 58.5 Å². The van der Waals surface area contributed by atoms with Gasteiger partial charge in [0.1, 0.15) is 5.60 Å². The molecule has 5 nitrogen and oxygen atoms in total. The Morgan fingerprint density at radius 2 is 1.86 bits per heavy atom. The minimum Gasteiger partial charge on any atom is -0.478 e. The maximum absolute atomic E-state index is 11.4. The van der Waals surface area contributed by atoms with E-state index in [9.17, 15) is 4.79 Å². The number of rotatable bonds is 5. The van der Waals surface area contributed by atoms with Crippen molar-refractivity contribution in [3.05, 3.63) is 12.3 Å². The van der Waals surface area contributed by atoms with E-state index in [0.717, 1.165) is 12.3 Å². The summed E-state index contributed by atoms with van der Waals surface area (Å²) in [7, 11) is 0. The van der Waals surface area contributed by atoms with Crippen molar-refractivity contribution in [2.24, 2.45) is 16.7 Å². The molecule has 3 saturated carbocycles. The van der Waals surface area contributed by atoms with Crippen LogP contribution in [0, 0.1) is 22.2 Å².